The number of aromatic nitrogens is 2. The number of aryl methyl sites for hydroxylation is 1. The number of nitrogens with zero attached hydrogens (tertiary/aromatic N) is 2. The van der Waals surface area contributed by atoms with Gasteiger partial charge in [-0.15, -0.1) is 0 Å². The van der Waals surface area contributed by atoms with Gasteiger partial charge in [0.1, 0.15) is 5.15 Å². The molecule has 0 saturated carbocycles. The Morgan fingerprint density at radius 2 is 2.05 bits per heavy atom. The molecule has 1 aromatic carbocycles. The van der Waals surface area contributed by atoms with Gasteiger partial charge < -0.3 is 10.4 Å². The zero-order chi connectivity index (χ0) is 16.1. The van der Waals surface area contributed by atoms with Crippen molar-refractivity contribution in [2.24, 2.45) is 0 Å². The summed E-state index contributed by atoms with van der Waals surface area (Å²) >= 11 is 12.7. The molecule has 2 N–H and O–H groups in total. The van der Waals surface area contributed by atoms with Gasteiger partial charge in [-0.05, 0) is 31.9 Å². The third-order valence-corrected chi connectivity index (χ3v) is 4.44. The van der Waals surface area contributed by atoms with E-state index in [9.17, 15) is 0 Å². The molecule has 1 heterocycles. The Hall–Kier alpha value is -1.07. The van der Waals surface area contributed by atoms with Crippen LogP contribution in [-0.4, -0.2) is 27.5 Å². The van der Waals surface area contributed by atoms with Crippen molar-refractivity contribution in [2.75, 3.05) is 6.61 Å². The fourth-order valence-electron chi connectivity index (χ4n) is 2.26. The molecule has 120 valence electrons. The molecule has 1 aromatic heterocycles. The van der Waals surface area contributed by atoms with Crippen LogP contribution < -0.4 is 5.32 Å². The number of rotatable bonds is 7. The topological polar surface area (TPSA) is 50.1 Å². The van der Waals surface area contributed by atoms with Crippen LogP contribution >= 0.6 is 23.2 Å². The van der Waals surface area contributed by atoms with Crippen molar-refractivity contribution in [3.8, 4) is 0 Å². The van der Waals surface area contributed by atoms with Gasteiger partial charge in [-0.25, -0.2) is 4.68 Å². The predicted octanol–water partition coefficient (Wildman–Crippen LogP) is 3.41. The zero-order valence-electron chi connectivity index (χ0n) is 12.8. The summed E-state index contributed by atoms with van der Waals surface area (Å²) in [5.74, 6) is 0. The second kappa shape index (κ2) is 7.97. The molecule has 0 saturated heterocycles. The standard InChI is InChI=1S/C16H21Cl2N3O/c1-11(7-8-22)19-9-14-12(2)20-21(16(14)18)10-13-5-3-4-6-15(13)17/h3-6,11,19,22H,7-10H2,1-2H3. The van der Waals surface area contributed by atoms with Crippen molar-refractivity contribution in [1.82, 2.24) is 15.1 Å². The number of benzene rings is 1. The normalized spacial score (nSPS) is 12.6. The number of hydrogen-bond acceptors (Lipinski definition) is 3. The molecule has 0 radical (unpaired) electrons. The van der Waals surface area contributed by atoms with Crippen LogP contribution in [0, 0.1) is 6.92 Å². The van der Waals surface area contributed by atoms with Crippen LogP contribution in [0.4, 0.5) is 0 Å². The van der Waals surface area contributed by atoms with Crippen molar-refractivity contribution >= 4 is 23.2 Å². The Balaban J connectivity index is 2.12. The van der Waals surface area contributed by atoms with E-state index >= 15 is 0 Å². The Kier molecular flexibility index (Phi) is 6.26. The van der Waals surface area contributed by atoms with Gasteiger partial charge in [-0.1, -0.05) is 41.4 Å². The van der Waals surface area contributed by atoms with Crippen molar-refractivity contribution in [2.45, 2.75) is 39.4 Å². The van der Waals surface area contributed by atoms with E-state index in [1.807, 2.05) is 38.1 Å². The number of halogens is 2. The molecule has 0 aliphatic carbocycles. The summed E-state index contributed by atoms with van der Waals surface area (Å²) in [7, 11) is 0. The monoisotopic (exact) mass is 341 g/mol. The summed E-state index contributed by atoms with van der Waals surface area (Å²) in [5.41, 5.74) is 2.88. The molecule has 0 fully saturated rings. The Labute approximate surface area is 141 Å². The molecular formula is C16H21Cl2N3O. The lowest BCUT2D eigenvalue weighted by Crippen LogP contribution is -2.26. The number of hydrogen-bond donors (Lipinski definition) is 2. The van der Waals surface area contributed by atoms with Crippen molar-refractivity contribution in [3.63, 3.8) is 0 Å². The minimum absolute atomic E-state index is 0.173. The highest BCUT2D eigenvalue weighted by Crippen LogP contribution is 2.23. The predicted molar refractivity (Wildman–Crippen MR) is 90.5 cm³/mol. The molecule has 6 heteroatoms. The Morgan fingerprint density at radius 3 is 2.73 bits per heavy atom. The summed E-state index contributed by atoms with van der Waals surface area (Å²) < 4.78 is 1.77. The minimum Gasteiger partial charge on any atom is -0.396 e. The van der Waals surface area contributed by atoms with Gasteiger partial charge in [-0.2, -0.15) is 5.10 Å². The van der Waals surface area contributed by atoms with E-state index in [1.54, 1.807) is 4.68 Å². The maximum atomic E-state index is 8.94. The van der Waals surface area contributed by atoms with Gasteiger partial charge in [0.15, 0.2) is 0 Å². The van der Waals surface area contributed by atoms with Gasteiger partial charge in [0.05, 0.1) is 12.2 Å². The first-order valence-corrected chi connectivity index (χ1v) is 8.08. The molecule has 2 rings (SSSR count). The van der Waals surface area contributed by atoms with E-state index in [1.165, 1.54) is 0 Å². The quantitative estimate of drug-likeness (QED) is 0.811. The second-order valence-corrected chi connectivity index (χ2v) is 6.16. The maximum absolute atomic E-state index is 8.94. The van der Waals surface area contributed by atoms with Gasteiger partial charge >= 0.3 is 0 Å². The number of nitrogens with one attached hydrogen (secondary N) is 1. The average Bonchev–Trinajstić information content (AvgIpc) is 2.74. The largest absolute Gasteiger partial charge is 0.396 e. The highest BCUT2D eigenvalue weighted by atomic mass is 35.5. The Bertz CT molecular complexity index is 628. The van der Waals surface area contributed by atoms with Crippen LogP contribution in [0.5, 0.6) is 0 Å². The average molecular weight is 342 g/mol. The summed E-state index contributed by atoms with van der Waals surface area (Å²) in [6.07, 6.45) is 0.713. The van der Waals surface area contributed by atoms with Crippen LogP contribution in [-0.2, 0) is 13.1 Å². The third-order valence-electron chi connectivity index (χ3n) is 3.65. The second-order valence-electron chi connectivity index (χ2n) is 5.40. The van der Waals surface area contributed by atoms with Crippen molar-refractivity contribution in [3.05, 3.63) is 51.3 Å². The van der Waals surface area contributed by atoms with E-state index < -0.39 is 0 Å². The lowest BCUT2D eigenvalue weighted by molar-refractivity contribution is 0.268. The van der Waals surface area contributed by atoms with Gasteiger partial charge in [0.25, 0.3) is 0 Å². The first-order valence-electron chi connectivity index (χ1n) is 7.32. The lowest BCUT2D eigenvalue weighted by Gasteiger charge is -2.12. The molecule has 1 atom stereocenters. The molecule has 1 unspecified atom stereocenters. The van der Waals surface area contributed by atoms with Gasteiger partial charge in [-0.3, -0.25) is 0 Å². The smallest absolute Gasteiger partial charge is 0.132 e. The molecule has 4 nitrogen and oxygen atoms in total. The molecular weight excluding hydrogens is 321 g/mol. The highest BCUT2D eigenvalue weighted by Gasteiger charge is 2.15. The molecule has 2 aromatic rings. The lowest BCUT2D eigenvalue weighted by atomic mass is 10.2. The fourth-order valence-corrected chi connectivity index (χ4v) is 2.75. The molecule has 0 spiro atoms. The summed E-state index contributed by atoms with van der Waals surface area (Å²) in [4.78, 5) is 0. The van der Waals surface area contributed by atoms with Crippen molar-refractivity contribution < 1.29 is 5.11 Å². The molecule has 0 amide bonds. The van der Waals surface area contributed by atoms with Crippen LogP contribution in [0.2, 0.25) is 10.2 Å². The highest BCUT2D eigenvalue weighted by molar-refractivity contribution is 6.31. The van der Waals surface area contributed by atoms with Gasteiger partial charge in [0.2, 0.25) is 0 Å². The van der Waals surface area contributed by atoms with E-state index in [4.69, 9.17) is 28.3 Å². The summed E-state index contributed by atoms with van der Waals surface area (Å²) in [6, 6.07) is 7.91. The van der Waals surface area contributed by atoms with Crippen LogP contribution in [0.15, 0.2) is 24.3 Å². The van der Waals surface area contributed by atoms with Crippen molar-refractivity contribution in [1.29, 1.82) is 0 Å². The number of aliphatic hydroxyl groups excluding tert-OH is 1. The van der Waals surface area contributed by atoms with E-state index in [-0.39, 0.29) is 12.6 Å². The van der Waals surface area contributed by atoms with E-state index in [0.29, 0.717) is 29.7 Å². The van der Waals surface area contributed by atoms with Gasteiger partial charge in [0, 0.05) is 29.8 Å². The SMILES string of the molecule is Cc1nn(Cc2ccccc2Cl)c(Cl)c1CNC(C)CCO. The maximum Gasteiger partial charge on any atom is 0.132 e. The molecule has 0 bridgehead atoms. The van der Waals surface area contributed by atoms with Crippen LogP contribution in [0.1, 0.15) is 30.2 Å². The summed E-state index contributed by atoms with van der Waals surface area (Å²) in [6.45, 7) is 5.34. The summed E-state index contributed by atoms with van der Waals surface area (Å²) in [5, 5.41) is 18.1. The van der Waals surface area contributed by atoms with Crippen LogP contribution in [0.3, 0.4) is 0 Å². The van der Waals surface area contributed by atoms with E-state index in [2.05, 4.69) is 10.4 Å². The molecule has 0 aliphatic heterocycles. The minimum atomic E-state index is 0.173. The first kappa shape index (κ1) is 17.3. The third kappa shape index (κ3) is 4.23. The van der Waals surface area contributed by atoms with E-state index in [0.717, 1.165) is 16.8 Å². The molecule has 0 aliphatic rings. The first-order chi connectivity index (χ1) is 10.5. The molecule has 22 heavy (non-hydrogen) atoms. The number of aliphatic hydroxyl groups is 1. The van der Waals surface area contributed by atoms with Crippen LogP contribution in [0.25, 0.3) is 0 Å². The zero-order valence-corrected chi connectivity index (χ0v) is 14.3. The Morgan fingerprint density at radius 1 is 1.32 bits per heavy atom. The fraction of sp³-hybridized carbons (Fsp3) is 0.438.